The number of rotatable bonds is 4. The van der Waals surface area contributed by atoms with Gasteiger partial charge >= 0.3 is 0 Å². The molecule has 2 rings (SSSR count). The highest BCUT2D eigenvalue weighted by atomic mass is 79.9. The fourth-order valence-electron chi connectivity index (χ4n) is 1.84. The Morgan fingerprint density at radius 1 is 1.21 bits per heavy atom. The summed E-state index contributed by atoms with van der Waals surface area (Å²) in [6.45, 7) is 2.55. The van der Waals surface area contributed by atoms with Crippen LogP contribution in [0.15, 0.2) is 46.9 Å². The van der Waals surface area contributed by atoms with Gasteiger partial charge in [-0.25, -0.2) is 4.39 Å². The van der Waals surface area contributed by atoms with Gasteiger partial charge in [-0.2, -0.15) is 0 Å². The summed E-state index contributed by atoms with van der Waals surface area (Å²) in [7, 11) is 0. The number of benzene rings is 2. The molecular weight excluding hydrogens is 309 g/mol. The standard InChI is InChI=1S/C15H15BrFNO/c1-10(11-5-7-13(17)8-6-11)18-9-12-3-2-4-14(16)15(12)19/h2-8,10,18-19H,9H2,1H3/t10-/m1/s1. The topological polar surface area (TPSA) is 32.3 Å². The maximum atomic E-state index is 12.8. The minimum Gasteiger partial charge on any atom is -0.506 e. The molecule has 0 amide bonds. The van der Waals surface area contributed by atoms with Crippen molar-refractivity contribution in [3.05, 3.63) is 63.9 Å². The first-order chi connectivity index (χ1) is 9.08. The highest BCUT2D eigenvalue weighted by Crippen LogP contribution is 2.27. The number of phenols is 1. The fraction of sp³-hybridized carbons (Fsp3) is 0.200. The van der Waals surface area contributed by atoms with E-state index in [4.69, 9.17) is 0 Å². The maximum Gasteiger partial charge on any atom is 0.134 e. The number of hydrogen-bond acceptors (Lipinski definition) is 2. The number of para-hydroxylation sites is 1. The summed E-state index contributed by atoms with van der Waals surface area (Å²) >= 11 is 3.29. The molecule has 1 atom stereocenters. The van der Waals surface area contributed by atoms with Crippen LogP contribution >= 0.6 is 15.9 Å². The average molecular weight is 324 g/mol. The van der Waals surface area contributed by atoms with Gasteiger partial charge in [0.05, 0.1) is 4.47 Å². The normalized spacial score (nSPS) is 12.4. The molecule has 2 aromatic rings. The molecule has 4 heteroatoms. The van der Waals surface area contributed by atoms with Crippen molar-refractivity contribution in [1.82, 2.24) is 5.32 Å². The summed E-state index contributed by atoms with van der Waals surface area (Å²) in [4.78, 5) is 0. The minimum absolute atomic E-state index is 0.0824. The maximum absolute atomic E-state index is 12.8. The van der Waals surface area contributed by atoms with Crippen molar-refractivity contribution in [3.63, 3.8) is 0 Å². The smallest absolute Gasteiger partial charge is 0.134 e. The molecule has 100 valence electrons. The van der Waals surface area contributed by atoms with Crippen LogP contribution in [0, 0.1) is 5.82 Å². The zero-order valence-electron chi connectivity index (χ0n) is 10.5. The van der Waals surface area contributed by atoms with E-state index in [0.717, 1.165) is 11.1 Å². The molecule has 0 bridgehead atoms. The van der Waals surface area contributed by atoms with E-state index in [1.807, 2.05) is 19.1 Å². The van der Waals surface area contributed by atoms with Crippen LogP contribution in [0.25, 0.3) is 0 Å². The third-order valence-electron chi connectivity index (χ3n) is 3.04. The molecule has 19 heavy (non-hydrogen) atoms. The van der Waals surface area contributed by atoms with Crippen molar-refractivity contribution < 1.29 is 9.50 Å². The van der Waals surface area contributed by atoms with Gasteiger partial charge in [0.1, 0.15) is 11.6 Å². The predicted octanol–water partition coefficient (Wildman–Crippen LogP) is 4.14. The van der Waals surface area contributed by atoms with Crippen molar-refractivity contribution in [2.24, 2.45) is 0 Å². The molecule has 2 aromatic carbocycles. The Hall–Kier alpha value is -1.39. The Morgan fingerprint density at radius 3 is 2.58 bits per heavy atom. The van der Waals surface area contributed by atoms with Gasteiger partial charge < -0.3 is 10.4 Å². The molecule has 0 saturated carbocycles. The lowest BCUT2D eigenvalue weighted by Gasteiger charge is -2.15. The molecule has 2 N–H and O–H groups in total. The Kier molecular flexibility index (Phi) is 4.56. The van der Waals surface area contributed by atoms with Gasteiger partial charge in [0.2, 0.25) is 0 Å². The van der Waals surface area contributed by atoms with Crippen molar-refractivity contribution >= 4 is 15.9 Å². The van der Waals surface area contributed by atoms with Crippen LogP contribution in [0.1, 0.15) is 24.1 Å². The van der Waals surface area contributed by atoms with Crippen molar-refractivity contribution in [2.75, 3.05) is 0 Å². The van der Waals surface area contributed by atoms with Gasteiger partial charge in [-0.1, -0.05) is 24.3 Å². The number of nitrogens with one attached hydrogen (secondary N) is 1. The van der Waals surface area contributed by atoms with E-state index in [-0.39, 0.29) is 17.6 Å². The molecule has 0 saturated heterocycles. The third-order valence-corrected chi connectivity index (χ3v) is 3.68. The van der Waals surface area contributed by atoms with E-state index in [0.29, 0.717) is 11.0 Å². The van der Waals surface area contributed by atoms with E-state index < -0.39 is 0 Å². The Morgan fingerprint density at radius 2 is 1.89 bits per heavy atom. The molecule has 0 radical (unpaired) electrons. The van der Waals surface area contributed by atoms with E-state index in [1.165, 1.54) is 12.1 Å². The summed E-state index contributed by atoms with van der Waals surface area (Å²) in [5.41, 5.74) is 1.83. The molecule has 0 unspecified atom stereocenters. The lowest BCUT2D eigenvalue weighted by atomic mass is 10.1. The van der Waals surface area contributed by atoms with Crippen LogP contribution in [0.2, 0.25) is 0 Å². The highest BCUT2D eigenvalue weighted by molar-refractivity contribution is 9.10. The van der Waals surface area contributed by atoms with Crippen molar-refractivity contribution in [3.8, 4) is 5.75 Å². The van der Waals surface area contributed by atoms with Crippen LogP contribution in [0.5, 0.6) is 5.75 Å². The molecule has 0 aromatic heterocycles. The monoisotopic (exact) mass is 323 g/mol. The second-order valence-electron chi connectivity index (χ2n) is 4.40. The first-order valence-corrected chi connectivity index (χ1v) is 6.82. The molecule has 0 spiro atoms. The third kappa shape index (κ3) is 3.55. The van der Waals surface area contributed by atoms with Gasteiger partial charge in [-0.05, 0) is 46.6 Å². The number of phenolic OH excluding ortho intramolecular Hbond substituents is 1. The van der Waals surface area contributed by atoms with E-state index in [2.05, 4.69) is 21.2 Å². The lowest BCUT2D eigenvalue weighted by Crippen LogP contribution is -2.18. The summed E-state index contributed by atoms with van der Waals surface area (Å²) in [6.07, 6.45) is 0. The minimum atomic E-state index is -0.236. The number of halogens is 2. The highest BCUT2D eigenvalue weighted by Gasteiger charge is 2.08. The quantitative estimate of drug-likeness (QED) is 0.886. The first-order valence-electron chi connectivity index (χ1n) is 6.03. The van der Waals surface area contributed by atoms with Crippen LogP contribution in [0.4, 0.5) is 4.39 Å². The molecule has 0 aliphatic rings. The largest absolute Gasteiger partial charge is 0.506 e. The Balaban J connectivity index is 2.02. The second-order valence-corrected chi connectivity index (χ2v) is 5.26. The summed E-state index contributed by atoms with van der Waals surface area (Å²) in [5.74, 6) is 0.0156. The van der Waals surface area contributed by atoms with Gasteiger partial charge in [-0.3, -0.25) is 0 Å². The molecule has 2 nitrogen and oxygen atoms in total. The van der Waals surface area contributed by atoms with Crippen molar-refractivity contribution in [1.29, 1.82) is 0 Å². The molecular formula is C15H15BrFNO. The van der Waals surface area contributed by atoms with Crippen LogP contribution in [-0.4, -0.2) is 5.11 Å². The SMILES string of the molecule is C[C@@H](NCc1cccc(Br)c1O)c1ccc(F)cc1. The van der Waals surface area contributed by atoms with E-state index >= 15 is 0 Å². The zero-order chi connectivity index (χ0) is 13.8. The fourth-order valence-corrected chi connectivity index (χ4v) is 2.24. The van der Waals surface area contributed by atoms with Gasteiger partial charge in [0, 0.05) is 18.2 Å². The zero-order valence-corrected chi connectivity index (χ0v) is 12.1. The summed E-state index contributed by atoms with van der Waals surface area (Å²) in [5, 5.41) is 13.2. The molecule has 0 aliphatic heterocycles. The Bertz CT molecular complexity index is 557. The predicted molar refractivity (Wildman–Crippen MR) is 77.5 cm³/mol. The number of aromatic hydroxyl groups is 1. The van der Waals surface area contributed by atoms with Crippen LogP contribution in [-0.2, 0) is 6.54 Å². The Labute approximate surface area is 120 Å². The van der Waals surface area contributed by atoms with E-state index in [9.17, 15) is 9.50 Å². The van der Waals surface area contributed by atoms with Crippen LogP contribution in [0.3, 0.4) is 0 Å². The lowest BCUT2D eigenvalue weighted by molar-refractivity contribution is 0.457. The van der Waals surface area contributed by atoms with Crippen molar-refractivity contribution in [2.45, 2.75) is 19.5 Å². The van der Waals surface area contributed by atoms with Gasteiger partial charge in [0.15, 0.2) is 0 Å². The molecule has 0 heterocycles. The molecule has 0 aliphatic carbocycles. The first kappa shape index (κ1) is 14.0. The van der Waals surface area contributed by atoms with E-state index in [1.54, 1.807) is 18.2 Å². The summed E-state index contributed by atoms with van der Waals surface area (Å²) in [6, 6.07) is 12.0. The average Bonchev–Trinajstić information content (AvgIpc) is 2.41. The molecule has 0 fully saturated rings. The van der Waals surface area contributed by atoms with Gasteiger partial charge in [0.25, 0.3) is 0 Å². The summed E-state index contributed by atoms with van der Waals surface area (Å²) < 4.78 is 13.5. The van der Waals surface area contributed by atoms with Crippen LogP contribution < -0.4 is 5.32 Å². The second kappa shape index (κ2) is 6.17. The van der Waals surface area contributed by atoms with Gasteiger partial charge in [-0.15, -0.1) is 0 Å². The number of hydrogen-bond donors (Lipinski definition) is 2.